The van der Waals surface area contributed by atoms with Gasteiger partial charge in [0.2, 0.25) is 5.96 Å². The lowest BCUT2D eigenvalue weighted by atomic mass is 10.2. The second kappa shape index (κ2) is 8.13. The molecule has 4 aromatic rings. The van der Waals surface area contributed by atoms with E-state index in [1.165, 1.54) is 6.20 Å². The lowest BCUT2D eigenvalue weighted by Gasteiger charge is -2.05. The lowest BCUT2D eigenvalue weighted by Crippen LogP contribution is -2.37. The van der Waals surface area contributed by atoms with E-state index in [-0.39, 0.29) is 11.7 Å². The Bertz CT molecular complexity index is 1180. The summed E-state index contributed by atoms with van der Waals surface area (Å²) in [7, 11) is 0. The summed E-state index contributed by atoms with van der Waals surface area (Å²) in [5.41, 5.74) is 8.76. The Kier molecular flexibility index (Phi) is 5.45. The molecule has 2 aromatic carbocycles. The van der Waals surface area contributed by atoms with Crippen LogP contribution in [0.2, 0.25) is 0 Å². The third-order valence-corrected chi connectivity index (χ3v) is 3.80. The first-order valence-electron chi connectivity index (χ1n) is 8.46. The predicted octanol–water partition coefficient (Wildman–Crippen LogP) is 3.86. The molecule has 3 N–H and O–H groups in total. The lowest BCUT2D eigenvalue weighted by molar-refractivity contribution is 0.0972. The fourth-order valence-electron chi connectivity index (χ4n) is 2.65. The first kappa shape index (κ1) is 18.8. The van der Waals surface area contributed by atoms with E-state index < -0.39 is 5.91 Å². The summed E-state index contributed by atoms with van der Waals surface area (Å²) < 4.78 is 5.52. The van der Waals surface area contributed by atoms with Gasteiger partial charge in [-0.3, -0.25) is 15.1 Å². The van der Waals surface area contributed by atoms with Crippen LogP contribution in [0.15, 0.2) is 77.3 Å². The van der Waals surface area contributed by atoms with Crippen molar-refractivity contribution in [3.63, 3.8) is 0 Å². The van der Waals surface area contributed by atoms with Gasteiger partial charge in [0.15, 0.2) is 0 Å². The Morgan fingerprint density at radius 2 is 1.89 bits per heavy atom. The van der Waals surface area contributed by atoms with Crippen molar-refractivity contribution in [3.05, 3.63) is 79.3 Å². The van der Waals surface area contributed by atoms with Crippen molar-refractivity contribution in [2.75, 3.05) is 0 Å². The molecule has 7 nitrogen and oxygen atoms in total. The molecule has 28 heavy (non-hydrogen) atoms. The fraction of sp³-hybridized carbons (Fsp3) is 0.0476. The minimum Gasteiger partial charge on any atom is -0.461 e. The molecule has 0 saturated carbocycles. The summed E-state index contributed by atoms with van der Waals surface area (Å²) in [6.07, 6.45) is 1.41. The van der Waals surface area contributed by atoms with E-state index in [0.717, 1.165) is 22.2 Å². The van der Waals surface area contributed by atoms with Crippen molar-refractivity contribution in [1.29, 1.82) is 0 Å². The van der Waals surface area contributed by atoms with Gasteiger partial charge in [0.25, 0.3) is 5.91 Å². The SMILES string of the molecule is C=C.Cc1cc2cc(N=C(N)NC(=O)c3cnc4ccccc4n3)ccc2o1. The zero-order valence-electron chi connectivity index (χ0n) is 15.3. The molecule has 0 saturated heterocycles. The second-order valence-corrected chi connectivity index (χ2v) is 5.77. The second-order valence-electron chi connectivity index (χ2n) is 5.77. The number of para-hydroxylation sites is 2. The van der Waals surface area contributed by atoms with Gasteiger partial charge in [-0.15, -0.1) is 13.2 Å². The summed E-state index contributed by atoms with van der Waals surface area (Å²) in [5.74, 6) is 0.326. The molecule has 0 fully saturated rings. The molecular weight excluding hydrogens is 354 g/mol. The van der Waals surface area contributed by atoms with E-state index in [0.29, 0.717) is 11.2 Å². The Hall–Kier alpha value is -4.00. The van der Waals surface area contributed by atoms with Gasteiger partial charge in [0.05, 0.1) is 22.9 Å². The topological polar surface area (TPSA) is 106 Å². The number of carbonyl (C=O) groups is 1. The largest absolute Gasteiger partial charge is 0.461 e. The van der Waals surface area contributed by atoms with Crippen molar-refractivity contribution < 1.29 is 9.21 Å². The maximum Gasteiger partial charge on any atom is 0.278 e. The number of carbonyl (C=O) groups excluding carboxylic acids is 1. The van der Waals surface area contributed by atoms with Gasteiger partial charge in [-0.05, 0) is 43.3 Å². The normalized spacial score (nSPS) is 11.1. The van der Waals surface area contributed by atoms with Crippen molar-refractivity contribution in [3.8, 4) is 0 Å². The van der Waals surface area contributed by atoms with E-state index in [1.54, 1.807) is 12.1 Å². The zero-order chi connectivity index (χ0) is 20.1. The number of aliphatic imine (C=N–C) groups is 1. The number of rotatable bonds is 2. The maximum atomic E-state index is 12.3. The molecule has 0 unspecified atom stereocenters. The molecule has 140 valence electrons. The van der Waals surface area contributed by atoms with Crippen LogP contribution >= 0.6 is 0 Å². The van der Waals surface area contributed by atoms with Gasteiger partial charge >= 0.3 is 0 Å². The van der Waals surface area contributed by atoms with Crippen LogP contribution in [0.1, 0.15) is 16.2 Å². The van der Waals surface area contributed by atoms with Crippen LogP contribution in [-0.2, 0) is 0 Å². The number of nitrogens with two attached hydrogens (primary N) is 1. The molecule has 0 aliphatic carbocycles. The van der Waals surface area contributed by atoms with Gasteiger partial charge < -0.3 is 10.2 Å². The van der Waals surface area contributed by atoms with Crippen molar-refractivity contribution >= 4 is 39.6 Å². The first-order chi connectivity index (χ1) is 13.6. The molecule has 0 aliphatic heterocycles. The van der Waals surface area contributed by atoms with Crippen molar-refractivity contribution in [1.82, 2.24) is 15.3 Å². The number of fused-ring (bicyclic) bond motifs is 2. The van der Waals surface area contributed by atoms with E-state index in [9.17, 15) is 4.79 Å². The third kappa shape index (κ3) is 4.04. The Morgan fingerprint density at radius 3 is 2.68 bits per heavy atom. The number of amides is 1. The Morgan fingerprint density at radius 1 is 1.14 bits per heavy atom. The van der Waals surface area contributed by atoms with Crippen LogP contribution in [0, 0.1) is 6.92 Å². The summed E-state index contributed by atoms with van der Waals surface area (Å²) >= 11 is 0. The molecule has 2 heterocycles. The summed E-state index contributed by atoms with van der Waals surface area (Å²) in [6.45, 7) is 7.88. The number of nitrogens with zero attached hydrogens (tertiary/aromatic N) is 3. The van der Waals surface area contributed by atoms with E-state index >= 15 is 0 Å². The van der Waals surface area contributed by atoms with Gasteiger partial charge in [0, 0.05) is 5.39 Å². The Labute approximate surface area is 161 Å². The fourth-order valence-corrected chi connectivity index (χ4v) is 2.65. The number of nitrogens with one attached hydrogen (secondary N) is 1. The predicted molar refractivity (Wildman–Crippen MR) is 110 cm³/mol. The van der Waals surface area contributed by atoms with E-state index in [1.807, 2.05) is 43.3 Å². The summed E-state index contributed by atoms with van der Waals surface area (Å²) in [5, 5.41) is 3.45. The quantitative estimate of drug-likeness (QED) is 0.315. The molecule has 0 aliphatic rings. The number of benzene rings is 2. The molecular formula is C21H19N5O2. The van der Waals surface area contributed by atoms with Crippen LogP contribution in [0.3, 0.4) is 0 Å². The van der Waals surface area contributed by atoms with Crippen LogP contribution in [-0.4, -0.2) is 21.8 Å². The molecule has 0 bridgehead atoms. The molecule has 4 rings (SSSR count). The number of furan rings is 1. The number of aryl methyl sites for hydroxylation is 1. The number of hydrogen-bond donors (Lipinski definition) is 2. The highest BCUT2D eigenvalue weighted by atomic mass is 16.3. The van der Waals surface area contributed by atoms with Gasteiger partial charge in [0.1, 0.15) is 17.0 Å². The van der Waals surface area contributed by atoms with E-state index in [2.05, 4.69) is 33.4 Å². The molecule has 2 aromatic heterocycles. The zero-order valence-corrected chi connectivity index (χ0v) is 15.3. The number of guanidine groups is 1. The van der Waals surface area contributed by atoms with Crippen LogP contribution in [0.25, 0.3) is 22.0 Å². The van der Waals surface area contributed by atoms with Crippen LogP contribution in [0.4, 0.5) is 5.69 Å². The molecule has 0 atom stereocenters. The minimum atomic E-state index is -0.468. The Balaban J connectivity index is 0.00000109. The number of hydrogen-bond acceptors (Lipinski definition) is 5. The molecule has 1 amide bonds. The molecule has 0 radical (unpaired) electrons. The minimum absolute atomic E-state index is 0.0236. The van der Waals surface area contributed by atoms with Crippen LogP contribution in [0.5, 0.6) is 0 Å². The molecule has 0 spiro atoms. The highest BCUT2D eigenvalue weighted by Crippen LogP contribution is 2.24. The van der Waals surface area contributed by atoms with Gasteiger partial charge in [-0.2, -0.15) is 0 Å². The van der Waals surface area contributed by atoms with E-state index in [4.69, 9.17) is 10.2 Å². The third-order valence-electron chi connectivity index (χ3n) is 3.80. The van der Waals surface area contributed by atoms with Crippen LogP contribution < -0.4 is 11.1 Å². The average molecular weight is 373 g/mol. The standard InChI is InChI=1S/C19H15N5O2.C2H4/c1-11-8-12-9-13(6-7-17(12)26-11)22-19(20)24-18(25)16-10-21-14-4-2-3-5-15(14)23-16;1-2/h2-10H,1H3,(H3,20,22,24,25);1-2H2. The summed E-state index contributed by atoms with van der Waals surface area (Å²) in [6, 6.07) is 14.6. The number of aromatic nitrogens is 2. The highest BCUT2D eigenvalue weighted by Gasteiger charge is 2.10. The first-order valence-corrected chi connectivity index (χ1v) is 8.46. The smallest absolute Gasteiger partial charge is 0.278 e. The average Bonchev–Trinajstić information content (AvgIpc) is 3.08. The monoisotopic (exact) mass is 373 g/mol. The summed E-state index contributed by atoms with van der Waals surface area (Å²) in [4.78, 5) is 25.0. The maximum absolute atomic E-state index is 12.3. The van der Waals surface area contributed by atoms with Gasteiger partial charge in [-0.25, -0.2) is 9.98 Å². The van der Waals surface area contributed by atoms with Crippen molar-refractivity contribution in [2.45, 2.75) is 6.92 Å². The van der Waals surface area contributed by atoms with Gasteiger partial charge in [-0.1, -0.05) is 12.1 Å². The van der Waals surface area contributed by atoms with Crippen molar-refractivity contribution in [2.24, 2.45) is 10.7 Å². The molecule has 7 heteroatoms. The highest BCUT2D eigenvalue weighted by molar-refractivity contribution is 6.05.